The molecular weight excluding hydrogens is 873 g/mol. The first-order chi connectivity index (χ1) is 30.8. The summed E-state index contributed by atoms with van der Waals surface area (Å²) in [5.41, 5.74) is 10.9. The van der Waals surface area contributed by atoms with E-state index in [-0.39, 0.29) is 69.8 Å². The molecule has 4 amide bonds. The van der Waals surface area contributed by atoms with Crippen molar-refractivity contribution >= 4 is 43.6 Å². The standard InChI is InChI=1S/C47H69F2N7O9Si/c1-46(2,3)42(39-24-32(35-25-33(48)14-15-36(35)49)29-55(39)28-31-12-10-9-11-13-31)56(40(59)30-57)21-18-38(54-45(63)64-22-23-66(6,7)8)44(62)53-20-19-52-37(43(51)61)16-17-41(60)65-47(4,5)26-34(58)27-50/h9-15,24-25,29,37-38,42,52,57H,16-23,26-28,30,50H2,1-8H3,(H2,51,61)(H,53,62)(H,54,63). The van der Waals surface area contributed by atoms with E-state index in [1.54, 1.807) is 26.1 Å². The van der Waals surface area contributed by atoms with Gasteiger partial charge in [-0.1, -0.05) is 70.7 Å². The maximum absolute atomic E-state index is 15.3. The van der Waals surface area contributed by atoms with Gasteiger partial charge < -0.3 is 51.5 Å². The van der Waals surface area contributed by atoms with Gasteiger partial charge in [0.2, 0.25) is 17.7 Å². The molecule has 0 saturated heterocycles. The first-order valence-electron chi connectivity index (χ1n) is 22.1. The lowest BCUT2D eigenvalue weighted by molar-refractivity contribution is -0.158. The summed E-state index contributed by atoms with van der Waals surface area (Å²) in [7, 11) is -1.60. The minimum Gasteiger partial charge on any atom is -0.459 e. The number of halogens is 2. The lowest BCUT2D eigenvalue weighted by Crippen LogP contribution is -2.52. The molecule has 0 radical (unpaired) electrons. The summed E-state index contributed by atoms with van der Waals surface area (Å²) in [5, 5.41) is 18.6. The number of alkyl carbamates (subject to hydrolysis) is 1. The van der Waals surface area contributed by atoms with Crippen molar-refractivity contribution in [2.75, 3.05) is 39.4 Å². The van der Waals surface area contributed by atoms with Crippen LogP contribution in [0.4, 0.5) is 13.6 Å². The van der Waals surface area contributed by atoms with E-state index in [1.807, 2.05) is 55.7 Å². The Balaban J connectivity index is 1.89. The van der Waals surface area contributed by atoms with Crippen LogP contribution in [0.3, 0.4) is 0 Å². The number of rotatable bonds is 26. The third-order valence-corrected chi connectivity index (χ3v) is 12.3. The molecule has 0 fully saturated rings. The number of esters is 1. The predicted octanol–water partition coefficient (Wildman–Crippen LogP) is 4.79. The fourth-order valence-corrected chi connectivity index (χ4v) is 8.09. The van der Waals surface area contributed by atoms with Gasteiger partial charge in [0.05, 0.1) is 25.2 Å². The zero-order chi connectivity index (χ0) is 49.4. The number of ketones is 1. The predicted molar refractivity (Wildman–Crippen MR) is 249 cm³/mol. The van der Waals surface area contributed by atoms with E-state index >= 15 is 4.39 Å². The van der Waals surface area contributed by atoms with E-state index in [1.165, 1.54) is 4.90 Å². The second-order valence-corrected chi connectivity index (χ2v) is 24.9. The number of aliphatic hydroxyl groups excluding tert-OH is 1. The molecule has 8 N–H and O–H groups in total. The number of ether oxygens (including phenoxy) is 2. The van der Waals surface area contributed by atoms with Crippen LogP contribution in [-0.2, 0) is 40.0 Å². The second kappa shape index (κ2) is 24.9. The van der Waals surface area contributed by atoms with E-state index in [0.717, 1.165) is 23.8 Å². The zero-order valence-corrected chi connectivity index (χ0v) is 40.5. The summed E-state index contributed by atoms with van der Waals surface area (Å²) < 4.78 is 42.5. The van der Waals surface area contributed by atoms with Gasteiger partial charge in [-0.15, -0.1) is 0 Å². The van der Waals surface area contributed by atoms with E-state index < -0.39 is 85.2 Å². The van der Waals surface area contributed by atoms with E-state index in [4.69, 9.17) is 20.9 Å². The Kier molecular flexibility index (Phi) is 20.7. The van der Waals surface area contributed by atoms with Crippen molar-refractivity contribution in [3.63, 3.8) is 0 Å². The number of carbonyl (C=O) groups excluding carboxylic acids is 6. The maximum atomic E-state index is 15.3. The lowest BCUT2D eigenvalue weighted by atomic mass is 9.82. The number of nitrogens with two attached hydrogens (primary N) is 2. The molecule has 3 rings (SSSR count). The number of aromatic nitrogens is 1. The van der Waals surface area contributed by atoms with Crippen LogP contribution in [0.2, 0.25) is 25.7 Å². The Hall–Kier alpha value is -5.50. The van der Waals surface area contributed by atoms with Crippen LogP contribution in [0.25, 0.3) is 11.1 Å². The van der Waals surface area contributed by atoms with E-state index in [2.05, 4.69) is 35.6 Å². The summed E-state index contributed by atoms with van der Waals surface area (Å²) in [4.78, 5) is 79.0. The molecule has 16 nitrogen and oxygen atoms in total. The summed E-state index contributed by atoms with van der Waals surface area (Å²) in [5.74, 6) is -4.30. The highest BCUT2D eigenvalue weighted by molar-refractivity contribution is 6.76. The highest BCUT2D eigenvalue weighted by Crippen LogP contribution is 2.41. The van der Waals surface area contributed by atoms with Crippen molar-refractivity contribution < 1.29 is 52.1 Å². The third kappa shape index (κ3) is 18.1. The molecule has 0 aliphatic heterocycles. The van der Waals surface area contributed by atoms with Crippen LogP contribution in [0, 0.1) is 17.0 Å². The molecule has 1 aromatic heterocycles. The van der Waals surface area contributed by atoms with Gasteiger partial charge in [0, 0.05) is 70.1 Å². The average molecular weight is 942 g/mol. The number of aliphatic hydroxyl groups is 1. The maximum Gasteiger partial charge on any atom is 0.407 e. The normalized spacial score (nSPS) is 13.3. The third-order valence-electron chi connectivity index (χ3n) is 10.6. The number of hydrogen-bond acceptors (Lipinski definition) is 11. The van der Waals surface area contributed by atoms with Crippen molar-refractivity contribution in [3.05, 3.63) is 83.7 Å². The van der Waals surface area contributed by atoms with Gasteiger partial charge in [-0.2, -0.15) is 0 Å². The Morgan fingerprint density at radius 1 is 0.924 bits per heavy atom. The van der Waals surface area contributed by atoms with Gasteiger partial charge >= 0.3 is 12.1 Å². The molecule has 0 spiro atoms. The fraction of sp³-hybridized carbons (Fsp3) is 0.532. The van der Waals surface area contributed by atoms with Gasteiger partial charge in [-0.3, -0.25) is 24.0 Å². The molecule has 0 saturated carbocycles. The van der Waals surface area contributed by atoms with Crippen molar-refractivity contribution in [1.29, 1.82) is 0 Å². The number of Topliss-reactive ketones (excluding diaryl/α,β-unsaturated/α-hetero) is 1. The molecule has 364 valence electrons. The van der Waals surface area contributed by atoms with Gasteiger partial charge in [0.25, 0.3) is 0 Å². The first kappa shape index (κ1) is 54.8. The van der Waals surface area contributed by atoms with Gasteiger partial charge in [0.1, 0.15) is 35.7 Å². The highest BCUT2D eigenvalue weighted by atomic mass is 28.3. The fourth-order valence-electron chi connectivity index (χ4n) is 7.38. The van der Waals surface area contributed by atoms with Gasteiger partial charge in [0.15, 0.2) is 0 Å². The van der Waals surface area contributed by atoms with Crippen molar-refractivity contribution in [3.8, 4) is 11.1 Å². The Morgan fingerprint density at radius 3 is 2.21 bits per heavy atom. The van der Waals surface area contributed by atoms with Crippen LogP contribution in [0.15, 0.2) is 60.8 Å². The molecule has 3 unspecified atom stereocenters. The molecule has 0 aliphatic carbocycles. The zero-order valence-electron chi connectivity index (χ0n) is 39.5. The van der Waals surface area contributed by atoms with Crippen molar-refractivity contribution in [2.24, 2.45) is 16.9 Å². The monoisotopic (exact) mass is 941 g/mol. The minimum atomic E-state index is -1.60. The van der Waals surface area contributed by atoms with Gasteiger partial charge in [-0.25, -0.2) is 13.6 Å². The first-order valence-corrected chi connectivity index (χ1v) is 25.8. The number of nitrogens with zero attached hydrogens (tertiary/aromatic N) is 2. The smallest absolute Gasteiger partial charge is 0.407 e. The molecule has 66 heavy (non-hydrogen) atoms. The molecular formula is C47H69F2N7O9Si. The molecule has 2 aromatic carbocycles. The van der Waals surface area contributed by atoms with Crippen LogP contribution >= 0.6 is 0 Å². The van der Waals surface area contributed by atoms with Crippen LogP contribution in [0.5, 0.6) is 0 Å². The Bertz CT molecular complexity index is 2120. The number of nitrogens with one attached hydrogen (secondary N) is 3. The Morgan fingerprint density at radius 2 is 1.61 bits per heavy atom. The number of carbonyl (C=O) groups is 6. The molecule has 1 heterocycles. The van der Waals surface area contributed by atoms with E-state index in [9.17, 15) is 38.3 Å². The SMILES string of the molecule is CC(C)(CC(=O)CN)OC(=O)CCC(NCCNC(=O)C(CCN(C(=O)CO)C(c1cc(-c2cc(F)ccc2F)cn1Cc1ccccc1)C(C)(C)C)NC(=O)OCC[Si](C)(C)C)C(N)=O. The number of amides is 4. The summed E-state index contributed by atoms with van der Waals surface area (Å²) in [6, 6.07) is 11.9. The van der Waals surface area contributed by atoms with Crippen LogP contribution in [-0.4, -0.2) is 115 Å². The molecule has 0 aliphatic rings. The molecule has 3 aromatic rings. The van der Waals surface area contributed by atoms with Crippen LogP contribution < -0.4 is 27.4 Å². The second-order valence-electron chi connectivity index (χ2n) is 19.2. The molecule has 0 bridgehead atoms. The number of primary amides is 1. The molecule has 19 heteroatoms. The quantitative estimate of drug-likeness (QED) is 0.0364. The average Bonchev–Trinajstić information content (AvgIpc) is 3.62. The number of hydrogen-bond donors (Lipinski definition) is 6. The van der Waals surface area contributed by atoms with Gasteiger partial charge in [-0.05, 0) is 68.0 Å². The summed E-state index contributed by atoms with van der Waals surface area (Å²) in [6.45, 7) is 14.3. The number of benzene rings is 2. The van der Waals surface area contributed by atoms with Crippen molar-refractivity contribution in [1.82, 2.24) is 25.4 Å². The van der Waals surface area contributed by atoms with E-state index in [0.29, 0.717) is 23.8 Å². The van der Waals surface area contributed by atoms with Crippen molar-refractivity contribution in [2.45, 2.75) is 116 Å². The lowest BCUT2D eigenvalue weighted by Gasteiger charge is -2.41. The Labute approximate surface area is 387 Å². The van der Waals surface area contributed by atoms with Crippen LogP contribution in [0.1, 0.15) is 77.6 Å². The largest absolute Gasteiger partial charge is 0.459 e. The highest BCUT2D eigenvalue weighted by Gasteiger charge is 2.38. The molecule has 3 atom stereocenters. The minimum absolute atomic E-state index is 0.0142. The topological polar surface area (TPSA) is 237 Å². The summed E-state index contributed by atoms with van der Waals surface area (Å²) in [6.07, 6.45) is 0.380. The summed E-state index contributed by atoms with van der Waals surface area (Å²) >= 11 is 0.